The highest BCUT2D eigenvalue weighted by molar-refractivity contribution is 14.1. The van der Waals surface area contributed by atoms with Crippen molar-refractivity contribution in [3.05, 3.63) is 127 Å². The third-order valence-corrected chi connectivity index (χ3v) is 9.18. The Morgan fingerprint density at radius 1 is 1.10 bits per heavy atom. The first kappa shape index (κ1) is 29.0. The van der Waals surface area contributed by atoms with E-state index in [4.69, 9.17) is 26.1 Å². The molecule has 0 saturated heterocycles. The molecule has 1 aromatic heterocycles. The minimum Gasteiger partial charge on any atom is -0.487 e. The molecule has 0 bridgehead atoms. The smallest absolute Gasteiger partial charge is 0.338 e. The summed E-state index contributed by atoms with van der Waals surface area (Å²) >= 11 is 11.9. The molecule has 0 unspecified atom stereocenters. The number of benzene rings is 3. The lowest BCUT2D eigenvalue weighted by Crippen LogP contribution is -2.40. The van der Waals surface area contributed by atoms with Gasteiger partial charge in [0.2, 0.25) is 0 Å². The minimum absolute atomic E-state index is 0.208. The molecule has 4 aromatic rings. The van der Waals surface area contributed by atoms with Crippen LogP contribution < -0.4 is 19.6 Å². The lowest BCUT2D eigenvalue weighted by atomic mass is 9.95. The van der Waals surface area contributed by atoms with Crippen LogP contribution in [-0.4, -0.2) is 17.6 Å². The second kappa shape index (κ2) is 12.6. The fourth-order valence-corrected chi connectivity index (χ4v) is 7.91. The van der Waals surface area contributed by atoms with Gasteiger partial charge >= 0.3 is 5.97 Å². The van der Waals surface area contributed by atoms with Gasteiger partial charge in [-0.15, -0.1) is 0 Å². The number of esters is 1. The molecule has 0 saturated carbocycles. The average molecular weight is 797 g/mol. The standard InChI is InChI=1S/C30H23ClI2N2O4S/c1-3-23-25(29(37)38-2)26(19-9-5-4-6-10-19)35-28(36)24(40-30(35)34-23)15-18-13-21(32)27(22(33)14-18)39-16-17-8-7-11-20(31)12-17/h4-15,26H,3,16H2,1-2H3/b24-15+/t26-/m1/s1. The second-order valence-electron chi connectivity index (χ2n) is 8.93. The van der Waals surface area contributed by atoms with Gasteiger partial charge in [-0.25, -0.2) is 9.79 Å². The van der Waals surface area contributed by atoms with Crippen LogP contribution in [0, 0.1) is 7.14 Å². The first-order valence-electron chi connectivity index (χ1n) is 12.3. The molecule has 0 N–H and O–H groups in total. The Balaban J connectivity index is 1.57. The van der Waals surface area contributed by atoms with Crippen molar-refractivity contribution in [3.8, 4) is 5.75 Å². The maximum atomic E-state index is 13.8. The number of aromatic nitrogens is 1. The summed E-state index contributed by atoms with van der Waals surface area (Å²) in [5.74, 6) is 0.292. The van der Waals surface area contributed by atoms with Crippen LogP contribution in [-0.2, 0) is 16.1 Å². The van der Waals surface area contributed by atoms with Crippen LogP contribution in [0.15, 0.2) is 87.8 Å². The van der Waals surface area contributed by atoms with Crippen LogP contribution in [0.25, 0.3) is 6.08 Å². The van der Waals surface area contributed by atoms with E-state index in [1.807, 2.05) is 79.7 Å². The number of thiazole rings is 1. The van der Waals surface area contributed by atoms with E-state index in [1.54, 1.807) is 4.57 Å². The highest BCUT2D eigenvalue weighted by Crippen LogP contribution is 2.32. The molecular weight excluding hydrogens is 774 g/mol. The molecule has 0 radical (unpaired) electrons. The molecule has 1 aliphatic rings. The molecule has 0 amide bonds. The van der Waals surface area contributed by atoms with E-state index >= 15 is 0 Å². The van der Waals surface area contributed by atoms with Crippen molar-refractivity contribution in [1.82, 2.24) is 4.57 Å². The largest absolute Gasteiger partial charge is 0.487 e. The zero-order valence-corrected chi connectivity index (χ0v) is 27.4. The van der Waals surface area contributed by atoms with Crippen LogP contribution in [0.2, 0.25) is 5.02 Å². The first-order chi connectivity index (χ1) is 19.3. The predicted octanol–water partition coefficient (Wildman–Crippen LogP) is 6.24. The van der Waals surface area contributed by atoms with Crippen LogP contribution in [0.3, 0.4) is 0 Å². The van der Waals surface area contributed by atoms with Crippen molar-refractivity contribution in [2.45, 2.75) is 26.0 Å². The zero-order chi connectivity index (χ0) is 28.4. The van der Waals surface area contributed by atoms with Gasteiger partial charge < -0.3 is 9.47 Å². The van der Waals surface area contributed by atoms with Crippen LogP contribution >= 0.6 is 68.1 Å². The Bertz CT molecular complexity index is 1790. The topological polar surface area (TPSA) is 69.9 Å². The van der Waals surface area contributed by atoms with Gasteiger partial charge in [-0.3, -0.25) is 9.36 Å². The third kappa shape index (κ3) is 5.93. The number of rotatable bonds is 7. The van der Waals surface area contributed by atoms with E-state index < -0.39 is 12.0 Å². The molecule has 3 aromatic carbocycles. The third-order valence-electron chi connectivity index (χ3n) is 6.36. The van der Waals surface area contributed by atoms with Gasteiger partial charge in [0, 0.05) is 5.02 Å². The summed E-state index contributed by atoms with van der Waals surface area (Å²) in [6.45, 7) is 2.34. The molecule has 1 aliphatic heterocycles. The summed E-state index contributed by atoms with van der Waals surface area (Å²) in [6.07, 6.45) is 2.40. The van der Waals surface area contributed by atoms with Crippen molar-refractivity contribution in [2.75, 3.05) is 7.11 Å². The zero-order valence-electron chi connectivity index (χ0n) is 21.5. The lowest BCUT2D eigenvalue weighted by Gasteiger charge is -2.25. The van der Waals surface area contributed by atoms with Gasteiger partial charge in [0.25, 0.3) is 5.56 Å². The van der Waals surface area contributed by atoms with E-state index in [9.17, 15) is 9.59 Å². The van der Waals surface area contributed by atoms with Crippen molar-refractivity contribution in [2.24, 2.45) is 4.99 Å². The number of allylic oxidation sites excluding steroid dienone is 1. The summed E-state index contributed by atoms with van der Waals surface area (Å²) in [5, 5.41) is 0.668. The molecule has 2 heterocycles. The number of ether oxygens (including phenoxy) is 2. The molecule has 40 heavy (non-hydrogen) atoms. The molecule has 10 heteroatoms. The van der Waals surface area contributed by atoms with Gasteiger partial charge in [-0.05, 0) is 98.6 Å². The molecule has 0 aliphatic carbocycles. The van der Waals surface area contributed by atoms with Crippen LogP contribution in [0.1, 0.15) is 36.1 Å². The molecule has 0 fully saturated rings. The van der Waals surface area contributed by atoms with E-state index in [0.717, 1.165) is 29.6 Å². The Labute approximate surface area is 267 Å². The van der Waals surface area contributed by atoms with E-state index in [1.165, 1.54) is 18.4 Å². The van der Waals surface area contributed by atoms with Crippen molar-refractivity contribution < 1.29 is 14.3 Å². The number of carbonyl (C=O) groups excluding carboxylic acids is 1. The number of methoxy groups -OCH3 is 1. The maximum absolute atomic E-state index is 13.8. The number of halogens is 3. The summed E-state index contributed by atoms with van der Waals surface area (Å²) < 4.78 is 15.2. The van der Waals surface area contributed by atoms with Crippen molar-refractivity contribution >= 4 is 80.2 Å². The Morgan fingerprint density at radius 3 is 2.48 bits per heavy atom. The van der Waals surface area contributed by atoms with Crippen molar-refractivity contribution in [1.29, 1.82) is 0 Å². The van der Waals surface area contributed by atoms with E-state index in [-0.39, 0.29) is 5.56 Å². The van der Waals surface area contributed by atoms with Gasteiger partial charge in [-0.2, -0.15) is 0 Å². The summed E-state index contributed by atoms with van der Waals surface area (Å²) in [7, 11) is 1.35. The number of carbonyl (C=O) groups is 1. The monoisotopic (exact) mass is 796 g/mol. The molecule has 204 valence electrons. The normalized spacial score (nSPS) is 15.0. The highest BCUT2D eigenvalue weighted by atomic mass is 127. The number of hydrogen-bond donors (Lipinski definition) is 0. The van der Waals surface area contributed by atoms with Crippen molar-refractivity contribution in [3.63, 3.8) is 0 Å². The molecule has 0 spiro atoms. The Morgan fingerprint density at radius 2 is 1.82 bits per heavy atom. The van der Waals surface area contributed by atoms with Gasteiger partial charge in [-0.1, -0.05) is 72.3 Å². The maximum Gasteiger partial charge on any atom is 0.338 e. The van der Waals surface area contributed by atoms with E-state index in [0.29, 0.717) is 38.7 Å². The van der Waals surface area contributed by atoms with Gasteiger partial charge in [0.05, 0.1) is 36.1 Å². The van der Waals surface area contributed by atoms with Crippen LogP contribution in [0.5, 0.6) is 5.75 Å². The molecule has 1 atom stereocenters. The van der Waals surface area contributed by atoms with Gasteiger partial charge in [0.1, 0.15) is 12.4 Å². The quantitative estimate of drug-likeness (QED) is 0.164. The van der Waals surface area contributed by atoms with E-state index in [2.05, 4.69) is 45.2 Å². The summed E-state index contributed by atoms with van der Waals surface area (Å²) in [5.41, 5.74) is 3.48. The number of hydrogen-bond acceptors (Lipinski definition) is 6. The Kier molecular flexibility index (Phi) is 9.13. The highest BCUT2D eigenvalue weighted by Gasteiger charge is 2.33. The SMILES string of the molecule is CCC1=C(C(=O)OC)[C@@H](c2ccccc2)n2c(s/c(=C/c3cc(I)c(OCc4cccc(Cl)c4)c(I)c3)c2=O)=N1. The second-order valence-corrected chi connectivity index (χ2v) is 12.7. The fourth-order valence-electron chi connectivity index (χ4n) is 4.55. The minimum atomic E-state index is -0.621. The summed E-state index contributed by atoms with van der Waals surface area (Å²) in [6, 6.07) is 20.5. The molecule has 6 nitrogen and oxygen atoms in total. The van der Waals surface area contributed by atoms with Crippen LogP contribution in [0.4, 0.5) is 0 Å². The number of fused-ring (bicyclic) bond motifs is 1. The fraction of sp³-hybridized carbons (Fsp3) is 0.167. The van der Waals surface area contributed by atoms with Gasteiger partial charge in [0.15, 0.2) is 4.80 Å². The summed E-state index contributed by atoms with van der Waals surface area (Å²) in [4.78, 5) is 32.1. The predicted molar refractivity (Wildman–Crippen MR) is 175 cm³/mol. The first-order valence-corrected chi connectivity index (χ1v) is 15.7. The number of nitrogens with zero attached hydrogens (tertiary/aromatic N) is 2. The molecule has 5 rings (SSSR count). The Hall–Kier alpha value is -2.48. The lowest BCUT2D eigenvalue weighted by molar-refractivity contribution is -0.136. The average Bonchev–Trinajstić information content (AvgIpc) is 3.25. The molecular formula is C30H23ClI2N2O4S.